The monoisotopic (exact) mass is 287 g/mol. The number of aliphatic hydroxyl groups is 1. The molecule has 20 heavy (non-hydrogen) atoms. The molecule has 4 atom stereocenters. The maximum Gasteiger partial charge on any atom is 0.307 e. The van der Waals surface area contributed by atoms with Crippen molar-refractivity contribution in [2.24, 2.45) is 17.8 Å². The Morgan fingerprint density at radius 3 is 2.50 bits per heavy atom. The molecule has 1 amide bonds. The highest BCUT2D eigenvalue weighted by molar-refractivity contribution is 5.85. The molecule has 6 nitrogen and oxygen atoms in total. The molecule has 1 aliphatic rings. The molecule has 3 N–H and O–H groups in total. The molecule has 0 heterocycles. The van der Waals surface area contributed by atoms with Gasteiger partial charge in [-0.3, -0.25) is 9.59 Å². The molecule has 0 spiro atoms. The number of hydrogen-bond acceptors (Lipinski definition) is 4. The lowest BCUT2D eigenvalue weighted by molar-refractivity contribution is -0.146. The van der Waals surface area contributed by atoms with Crippen LogP contribution in [0.4, 0.5) is 0 Å². The largest absolute Gasteiger partial charge is 0.481 e. The first-order valence-electron chi connectivity index (χ1n) is 7.16. The third-order valence-electron chi connectivity index (χ3n) is 4.08. The minimum Gasteiger partial charge on any atom is -0.481 e. The van der Waals surface area contributed by atoms with Gasteiger partial charge in [-0.25, -0.2) is 0 Å². The Balaban J connectivity index is 2.65. The number of hydrogen-bond donors (Lipinski definition) is 3. The predicted molar refractivity (Wildman–Crippen MR) is 73.1 cm³/mol. The van der Waals surface area contributed by atoms with E-state index in [9.17, 15) is 14.7 Å². The number of methoxy groups -OCH3 is 1. The van der Waals surface area contributed by atoms with Crippen LogP contribution in [-0.4, -0.2) is 48.5 Å². The number of carbonyl (C=O) groups is 2. The van der Waals surface area contributed by atoms with Crippen LogP contribution in [0.5, 0.6) is 0 Å². The summed E-state index contributed by atoms with van der Waals surface area (Å²) in [7, 11) is 1.53. The van der Waals surface area contributed by atoms with Crippen molar-refractivity contribution >= 4 is 11.9 Å². The van der Waals surface area contributed by atoms with Crippen molar-refractivity contribution in [3.8, 4) is 0 Å². The summed E-state index contributed by atoms with van der Waals surface area (Å²) in [6.07, 6.45) is 2.49. The van der Waals surface area contributed by atoms with E-state index in [0.29, 0.717) is 31.8 Å². The lowest BCUT2D eigenvalue weighted by atomic mass is 9.95. The van der Waals surface area contributed by atoms with Crippen molar-refractivity contribution < 1.29 is 24.5 Å². The first-order chi connectivity index (χ1) is 9.53. The second-order valence-electron chi connectivity index (χ2n) is 5.47. The molecular formula is C14H25NO5. The van der Waals surface area contributed by atoms with Crippen LogP contribution in [0.2, 0.25) is 0 Å². The number of amides is 1. The summed E-state index contributed by atoms with van der Waals surface area (Å²) < 4.78 is 4.99. The molecule has 0 aromatic carbocycles. The van der Waals surface area contributed by atoms with E-state index in [2.05, 4.69) is 5.32 Å². The summed E-state index contributed by atoms with van der Waals surface area (Å²) in [5, 5.41) is 21.0. The highest BCUT2D eigenvalue weighted by Gasteiger charge is 2.42. The topological polar surface area (TPSA) is 95.9 Å². The van der Waals surface area contributed by atoms with Gasteiger partial charge in [0.05, 0.1) is 24.5 Å². The lowest BCUT2D eigenvalue weighted by Crippen LogP contribution is -2.43. The highest BCUT2D eigenvalue weighted by atomic mass is 16.5. The zero-order chi connectivity index (χ0) is 15.1. The van der Waals surface area contributed by atoms with Gasteiger partial charge in [-0.05, 0) is 25.2 Å². The normalized spacial score (nSPS) is 27.2. The number of ether oxygens (including phenoxy) is 1. The van der Waals surface area contributed by atoms with Gasteiger partial charge in [0.25, 0.3) is 0 Å². The molecule has 6 heteroatoms. The van der Waals surface area contributed by atoms with Crippen LogP contribution in [0.15, 0.2) is 0 Å². The van der Waals surface area contributed by atoms with Crippen LogP contribution in [0, 0.1) is 17.8 Å². The Morgan fingerprint density at radius 2 is 2.00 bits per heavy atom. The zero-order valence-corrected chi connectivity index (χ0v) is 12.2. The summed E-state index contributed by atoms with van der Waals surface area (Å²) in [5.74, 6) is -1.91. The molecule has 0 bridgehead atoms. The van der Waals surface area contributed by atoms with Crippen molar-refractivity contribution in [3.05, 3.63) is 0 Å². The molecule has 0 aromatic rings. The molecule has 116 valence electrons. The Hall–Kier alpha value is -1.14. The van der Waals surface area contributed by atoms with Crippen LogP contribution < -0.4 is 5.32 Å². The van der Waals surface area contributed by atoms with E-state index in [1.165, 1.54) is 7.11 Å². The van der Waals surface area contributed by atoms with Gasteiger partial charge in [-0.15, -0.1) is 0 Å². The number of nitrogens with one attached hydrogen (secondary N) is 1. The van der Waals surface area contributed by atoms with E-state index in [1.54, 1.807) is 0 Å². The van der Waals surface area contributed by atoms with Gasteiger partial charge in [0, 0.05) is 13.7 Å². The number of rotatable bonds is 8. The summed E-state index contributed by atoms with van der Waals surface area (Å²) in [4.78, 5) is 23.5. The average Bonchev–Trinajstić information content (AvgIpc) is 2.83. The van der Waals surface area contributed by atoms with Crippen molar-refractivity contribution in [3.63, 3.8) is 0 Å². The maximum absolute atomic E-state index is 12.3. The van der Waals surface area contributed by atoms with Crippen molar-refractivity contribution in [2.75, 3.05) is 20.3 Å². The highest BCUT2D eigenvalue weighted by Crippen LogP contribution is 2.38. The molecule has 1 aliphatic carbocycles. The summed E-state index contributed by atoms with van der Waals surface area (Å²) in [6, 6.07) is -0.271. The van der Waals surface area contributed by atoms with E-state index in [4.69, 9.17) is 9.84 Å². The lowest BCUT2D eigenvalue weighted by Gasteiger charge is -2.21. The van der Waals surface area contributed by atoms with Crippen LogP contribution in [0.25, 0.3) is 0 Å². The third-order valence-corrected chi connectivity index (χ3v) is 4.08. The molecular weight excluding hydrogens is 262 g/mol. The van der Waals surface area contributed by atoms with Crippen LogP contribution >= 0.6 is 0 Å². The first-order valence-corrected chi connectivity index (χ1v) is 7.16. The number of carboxylic acids is 1. The van der Waals surface area contributed by atoms with Crippen molar-refractivity contribution in [1.82, 2.24) is 5.32 Å². The van der Waals surface area contributed by atoms with E-state index in [1.807, 2.05) is 6.92 Å². The fourth-order valence-corrected chi connectivity index (χ4v) is 2.90. The zero-order valence-electron chi connectivity index (χ0n) is 12.2. The molecule has 1 saturated carbocycles. The van der Waals surface area contributed by atoms with Gasteiger partial charge < -0.3 is 20.3 Å². The number of aliphatic carboxylic acids is 1. The van der Waals surface area contributed by atoms with Crippen LogP contribution in [0.3, 0.4) is 0 Å². The Labute approximate surface area is 119 Å². The van der Waals surface area contributed by atoms with E-state index < -0.39 is 17.8 Å². The molecule has 4 unspecified atom stereocenters. The van der Waals surface area contributed by atoms with Gasteiger partial charge in [0.1, 0.15) is 0 Å². The molecule has 1 fully saturated rings. The SMILES string of the molecule is CCC1CC(C(=O)O)C(C(=O)NC(CCO)COC)C1. The summed E-state index contributed by atoms with van der Waals surface area (Å²) in [6.45, 7) is 2.29. The molecule has 0 radical (unpaired) electrons. The Morgan fingerprint density at radius 1 is 1.35 bits per heavy atom. The molecule has 1 rings (SSSR count). The predicted octanol–water partition coefficient (Wildman–Crippen LogP) is 0.637. The fraction of sp³-hybridized carbons (Fsp3) is 0.857. The van der Waals surface area contributed by atoms with Crippen molar-refractivity contribution in [2.45, 2.75) is 38.6 Å². The van der Waals surface area contributed by atoms with Gasteiger partial charge in [0.2, 0.25) is 5.91 Å². The van der Waals surface area contributed by atoms with Gasteiger partial charge in [-0.2, -0.15) is 0 Å². The molecule has 0 saturated heterocycles. The van der Waals surface area contributed by atoms with Gasteiger partial charge >= 0.3 is 5.97 Å². The Bertz CT molecular complexity index is 328. The second-order valence-corrected chi connectivity index (χ2v) is 5.47. The summed E-state index contributed by atoms with van der Waals surface area (Å²) in [5.41, 5.74) is 0. The van der Waals surface area contributed by atoms with Crippen LogP contribution in [0.1, 0.15) is 32.6 Å². The standard InChI is InChI=1S/C14H25NO5/c1-3-9-6-11(12(7-9)14(18)19)13(17)15-10(4-5-16)8-20-2/h9-12,16H,3-8H2,1-2H3,(H,15,17)(H,18,19). The third kappa shape index (κ3) is 4.45. The number of carboxylic acid groups (broad SMARTS) is 1. The molecule has 0 aliphatic heterocycles. The minimum atomic E-state index is -0.897. The van der Waals surface area contributed by atoms with Gasteiger partial charge in [-0.1, -0.05) is 13.3 Å². The first kappa shape index (κ1) is 16.9. The average molecular weight is 287 g/mol. The van der Waals surface area contributed by atoms with Crippen LogP contribution in [-0.2, 0) is 14.3 Å². The fourth-order valence-electron chi connectivity index (χ4n) is 2.90. The van der Waals surface area contributed by atoms with E-state index in [-0.39, 0.29) is 18.6 Å². The van der Waals surface area contributed by atoms with E-state index >= 15 is 0 Å². The molecule has 0 aromatic heterocycles. The minimum absolute atomic E-state index is 0.0427. The number of aliphatic hydroxyl groups excluding tert-OH is 1. The van der Waals surface area contributed by atoms with Crippen molar-refractivity contribution in [1.29, 1.82) is 0 Å². The van der Waals surface area contributed by atoms with Gasteiger partial charge in [0.15, 0.2) is 0 Å². The smallest absolute Gasteiger partial charge is 0.307 e. The quantitative estimate of drug-likeness (QED) is 0.609. The summed E-state index contributed by atoms with van der Waals surface area (Å²) >= 11 is 0. The Kier molecular flexibility index (Phi) is 6.95. The maximum atomic E-state index is 12.3. The second kappa shape index (κ2) is 8.21. The van der Waals surface area contributed by atoms with E-state index in [0.717, 1.165) is 6.42 Å². The number of carbonyl (C=O) groups excluding carboxylic acids is 1.